The minimum absolute atomic E-state index is 0.0390. The minimum atomic E-state index is -0.250. The Morgan fingerprint density at radius 2 is 1.24 bits per heavy atom. The molecule has 3 atom stereocenters. The minimum Gasteiger partial charge on any atom is -0.454 e. The summed E-state index contributed by atoms with van der Waals surface area (Å²) in [7, 11) is 0. The molecular formula is C64H48N2OS. The predicted molar refractivity (Wildman–Crippen MR) is 293 cm³/mol. The lowest BCUT2D eigenvalue weighted by molar-refractivity contribution is 0.553. The molecule has 3 heterocycles. The predicted octanol–water partition coefficient (Wildman–Crippen LogP) is 18.4. The van der Waals surface area contributed by atoms with E-state index in [4.69, 9.17) is 9.41 Å². The molecule has 13 rings (SSSR count). The van der Waals surface area contributed by atoms with E-state index in [1.165, 1.54) is 80.0 Å². The zero-order chi connectivity index (χ0) is 45.6. The van der Waals surface area contributed by atoms with Crippen molar-refractivity contribution in [2.24, 2.45) is 10.9 Å². The Bertz CT molecular complexity index is 4210. The fraction of sp³-hybridized carbons (Fsp3) is 0.109. The summed E-state index contributed by atoms with van der Waals surface area (Å²) in [5.74, 6) is 0.0883. The van der Waals surface area contributed by atoms with E-state index in [9.17, 15) is 0 Å². The van der Waals surface area contributed by atoms with Gasteiger partial charge in [0.05, 0.1) is 22.8 Å². The molecular weight excluding hydrogens is 845 g/mol. The normalized spacial score (nSPS) is 13.8. The van der Waals surface area contributed by atoms with E-state index in [2.05, 4.69) is 226 Å². The maximum atomic E-state index is 7.01. The molecule has 0 bridgehead atoms. The summed E-state index contributed by atoms with van der Waals surface area (Å²) >= 11 is 1.88. The van der Waals surface area contributed by atoms with E-state index in [1.807, 2.05) is 11.3 Å². The van der Waals surface area contributed by atoms with Crippen LogP contribution in [0.2, 0.25) is 0 Å². The van der Waals surface area contributed by atoms with Crippen molar-refractivity contribution in [3.05, 3.63) is 223 Å². The van der Waals surface area contributed by atoms with E-state index in [-0.39, 0.29) is 17.9 Å². The SMILES string of the molecule is C=C(C)C(N=C(c1cccc2c1sc1ccccc12)C(CC)C(C)c1cc(-n2c3cc4ccccc4cc3c3c4ccccc4ccc32)c2oc3ccccc3c2c1)c1cccc2ccccc12. The Morgan fingerprint density at radius 1 is 0.588 bits per heavy atom. The van der Waals surface area contributed by atoms with Gasteiger partial charge in [0.25, 0.3) is 0 Å². The summed E-state index contributed by atoms with van der Waals surface area (Å²) in [6.07, 6.45) is 0.882. The highest BCUT2D eigenvalue weighted by Gasteiger charge is 2.30. The summed E-state index contributed by atoms with van der Waals surface area (Å²) in [5.41, 5.74) is 10.9. The zero-order valence-electron chi connectivity index (χ0n) is 38.3. The molecule has 3 aromatic heterocycles. The fourth-order valence-electron chi connectivity index (χ4n) is 11.4. The first-order valence-corrected chi connectivity index (χ1v) is 24.7. The highest BCUT2D eigenvalue weighted by Crippen LogP contribution is 2.46. The smallest absolute Gasteiger partial charge is 0.159 e. The Labute approximate surface area is 398 Å². The van der Waals surface area contributed by atoms with Crippen LogP contribution in [-0.2, 0) is 0 Å². The van der Waals surface area contributed by atoms with Gasteiger partial charge in [-0.1, -0.05) is 178 Å². The van der Waals surface area contributed by atoms with Crippen LogP contribution in [0.25, 0.3) is 102 Å². The van der Waals surface area contributed by atoms with E-state index in [0.29, 0.717) is 0 Å². The van der Waals surface area contributed by atoms with Crippen molar-refractivity contribution in [3.63, 3.8) is 0 Å². The third-order valence-electron chi connectivity index (χ3n) is 14.7. The van der Waals surface area contributed by atoms with Crippen LogP contribution >= 0.6 is 11.3 Å². The van der Waals surface area contributed by atoms with Crippen molar-refractivity contribution in [1.29, 1.82) is 0 Å². The largest absolute Gasteiger partial charge is 0.454 e. The van der Waals surface area contributed by atoms with Gasteiger partial charge in [0.15, 0.2) is 5.58 Å². The number of benzene rings is 10. The topological polar surface area (TPSA) is 30.4 Å². The molecule has 4 heteroatoms. The Hall–Kier alpha value is -7.79. The Morgan fingerprint density at radius 3 is 2.03 bits per heavy atom. The fourth-order valence-corrected chi connectivity index (χ4v) is 12.6. The number of hydrogen-bond donors (Lipinski definition) is 0. The first-order valence-electron chi connectivity index (χ1n) is 23.8. The lowest BCUT2D eigenvalue weighted by atomic mass is 9.79. The number of aromatic nitrogens is 1. The van der Waals surface area contributed by atoms with Crippen LogP contribution in [0.15, 0.2) is 216 Å². The molecule has 0 saturated heterocycles. The zero-order valence-corrected chi connectivity index (χ0v) is 39.1. The summed E-state index contributed by atoms with van der Waals surface area (Å²) in [4.78, 5) is 6.02. The summed E-state index contributed by atoms with van der Waals surface area (Å²) in [6, 6.07) is 70.9. The molecule has 0 aliphatic carbocycles. The van der Waals surface area contributed by atoms with Crippen LogP contribution in [0, 0.1) is 5.92 Å². The molecule has 3 nitrogen and oxygen atoms in total. The van der Waals surface area contributed by atoms with Gasteiger partial charge in [0.1, 0.15) is 5.58 Å². The third kappa shape index (κ3) is 6.28. The lowest BCUT2D eigenvalue weighted by Gasteiger charge is -2.28. The monoisotopic (exact) mass is 892 g/mol. The number of rotatable bonds is 9. The van der Waals surface area contributed by atoms with Gasteiger partial charge in [-0.3, -0.25) is 4.99 Å². The van der Waals surface area contributed by atoms with Crippen molar-refractivity contribution in [2.45, 2.75) is 39.2 Å². The molecule has 3 unspecified atom stereocenters. The quantitative estimate of drug-likeness (QED) is 0.105. The van der Waals surface area contributed by atoms with Gasteiger partial charge in [-0.25, -0.2) is 0 Å². The van der Waals surface area contributed by atoms with E-state index < -0.39 is 0 Å². The molecule has 0 saturated carbocycles. The second-order valence-corrected chi connectivity index (χ2v) is 19.7. The van der Waals surface area contributed by atoms with Gasteiger partial charge in [0.2, 0.25) is 0 Å². The van der Waals surface area contributed by atoms with E-state index >= 15 is 0 Å². The molecule has 0 amide bonds. The van der Waals surface area contributed by atoms with Crippen molar-refractivity contribution in [2.75, 3.05) is 0 Å². The van der Waals surface area contributed by atoms with Gasteiger partial charge in [0, 0.05) is 58.9 Å². The van der Waals surface area contributed by atoms with Crippen molar-refractivity contribution >= 4 is 113 Å². The molecule has 0 spiro atoms. The first kappa shape index (κ1) is 40.5. The molecule has 0 fully saturated rings. The highest BCUT2D eigenvalue weighted by molar-refractivity contribution is 7.26. The number of fused-ring (bicyclic) bond motifs is 13. The van der Waals surface area contributed by atoms with Crippen LogP contribution in [0.1, 0.15) is 55.8 Å². The maximum absolute atomic E-state index is 7.01. The highest BCUT2D eigenvalue weighted by atomic mass is 32.1. The second kappa shape index (κ2) is 15.9. The van der Waals surface area contributed by atoms with Crippen LogP contribution in [0.5, 0.6) is 0 Å². The van der Waals surface area contributed by atoms with Gasteiger partial charge < -0.3 is 8.98 Å². The molecule has 13 aromatic rings. The van der Waals surface area contributed by atoms with Crippen LogP contribution in [0.3, 0.4) is 0 Å². The lowest BCUT2D eigenvalue weighted by Crippen LogP contribution is -2.23. The van der Waals surface area contributed by atoms with Crippen LogP contribution < -0.4 is 0 Å². The standard InChI is InChI=1S/C64H48N2OS/c1-5-45(62(52-29-17-28-51-49-26-13-15-31-59(49)68-64(51)52)65-61(38(2)3)50-27-16-22-40-18-8-10-23-46(40)50)39(4)44-35-53-48-25-12-14-30-58(48)67-63(53)57(37-44)66-55-33-32-41-19-9-11-24-47(41)60(55)54-34-42-20-6-7-21-43(42)36-56(54)66/h6-37,39,45,61H,2,5H2,1,3-4H3. The number of para-hydroxylation sites is 1. The van der Waals surface area contributed by atoms with E-state index in [1.54, 1.807) is 0 Å². The molecule has 326 valence electrons. The Balaban J connectivity index is 1.09. The van der Waals surface area contributed by atoms with Gasteiger partial charge >= 0.3 is 0 Å². The van der Waals surface area contributed by atoms with Gasteiger partial charge in [-0.15, -0.1) is 11.3 Å². The number of nitrogens with zero attached hydrogens (tertiary/aromatic N) is 2. The van der Waals surface area contributed by atoms with E-state index in [0.717, 1.165) is 56.4 Å². The number of furan rings is 1. The van der Waals surface area contributed by atoms with Crippen molar-refractivity contribution in [1.82, 2.24) is 4.57 Å². The Kier molecular flexibility index (Phi) is 9.49. The van der Waals surface area contributed by atoms with Gasteiger partial charge in [-0.05, 0) is 105 Å². The number of hydrogen-bond acceptors (Lipinski definition) is 3. The first-order chi connectivity index (χ1) is 33.4. The molecule has 0 aliphatic rings. The van der Waals surface area contributed by atoms with Crippen molar-refractivity contribution in [3.8, 4) is 5.69 Å². The molecule has 0 N–H and O–H groups in total. The molecule has 0 radical (unpaired) electrons. The molecule has 68 heavy (non-hydrogen) atoms. The van der Waals surface area contributed by atoms with Crippen LogP contribution in [-0.4, -0.2) is 10.3 Å². The summed E-state index contributed by atoms with van der Waals surface area (Å²) in [5, 5.41) is 14.6. The van der Waals surface area contributed by atoms with Crippen LogP contribution in [0.4, 0.5) is 0 Å². The second-order valence-electron chi connectivity index (χ2n) is 18.7. The molecule has 0 aliphatic heterocycles. The maximum Gasteiger partial charge on any atom is 0.159 e. The molecule has 10 aromatic carbocycles. The summed E-state index contributed by atoms with van der Waals surface area (Å²) in [6.45, 7) is 11.5. The van der Waals surface area contributed by atoms with Crippen molar-refractivity contribution < 1.29 is 4.42 Å². The summed E-state index contributed by atoms with van der Waals surface area (Å²) < 4.78 is 12.1. The average molecular weight is 893 g/mol. The average Bonchev–Trinajstić information content (AvgIpc) is 4.06. The number of aliphatic imine (C=N–C) groups is 1. The van der Waals surface area contributed by atoms with Gasteiger partial charge in [-0.2, -0.15) is 0 Å². The third-order valence-corrected chi connectivity index (χ3v) is 15.9. The number of thiophene rings is 1.